The van der Waals surface area contributed by atoms with E-state index in [0.29, 0.717) is 17.4 Å². The number of hydrogen-bond donors (Lipinski definition) is 0. The fraction of sp³-hybridized carbons (Fsp3) is 0.400. The van der Waals surface area contributed by atoms with Gasteiger partial charge in [-0.15, -0.1) is 0 Å². The third-order valence-electron chi connectivity index (χ3n) is 3.00. The van der Waals surface area contributed by atoms with E-state index in [9.17, 15) is 4.79 Å². The number of unbranched alkanes of at least 4 members (excludes halogenated alkanes) is 1. The molecule has 5 heteroatoms. The molecule has 0 saturated heterocycles. The number of rotatable bonds is 6. The summed E-state index contributed by atoms with van der Waals surface area (Å²) < 4.78 is 4.09. The smallest absolute Gasteiger partial charge is 0.284 e. The summed E-state index contributed by atoms with van der Waals surface area (Å²) in [6, 6.07) is 10.0. The third kappa shape index (κ3) is 3.87. The van der Waals surface area contributed by atoms with Gasteiger partial charge in [-0.1, -0.05) is 43.7 Å². The first-order valence-corrected chi connectivity index (χ1v) is 7.61. The van der Waals surface area contributed by atoms with E-state index in [1.165, 1.54) is 11.5 Å². The monoisotopic (exact) mass is 289 g/mol. The van der Waals surface area contributed by atoms with E-state index in [0.717, 1.165) is 24.9 Å². The highest BCUT2D eigenvalue weighted by Gasteiger charge is 2.19. The second kappa shape index (κ2) is 7.14. The molecule has 1 aromatic carbocycles. The average Bonchev–Trinajstić information content (AvgIpc) is 2.90. The summed E-state index contributed by atoms with van der Waals surface area (Å²) in [7, 11) is 0. The standard InChI is InChI=1S/C15H19N3OS/c1-3-4-10-18(11-13-8-6-5-7-9-13)15(19)14-16-12(2)17-20-14/h5-9H,3-4,10-11H2,1-2H3. The molecule has 106 valence electrons. The number of aromatic nitrogens is 2. The fourth-order valence-electron chi connectivity index (χ4n) is 1.92. The van der Waals surface area contributed by atoms with E-state index in [4.69, 9.17) is 0 Å². The number of carbonyl (C=O) groups is 1. The molecule has 0 aliphatic rings. The Hall–Kier alpha value is -1.75. The van der Waals surface area contributed by atoms with Crippen LogP contribution < -0.4 is 0 Å². The first kappa shape index (κ1) is 14.7. The Labute approximate surface area is 123 Å². The normalized spacial score (nSPS) is 10.5. The van der Waals surface area contributed by atoms with Gasteiger partial charge >= 0.3 is 0 Å². The van der Waals surface area contributed by atoms with Crippen LogP contribution in [0.25, 0.3) is 0 Å². The van der Waals surface area contributed by atoms with Crippen molar-refractivity contribution in [3.8, 4) is 0 Å². The van der Waals surface area contributed by atoms with Crippen LogP contribution in [0, 0.1) is 6.92 Å². The van der Waals surface area contributed by atoms with Crippen LogP contribution in [0.4, 0.5) is 0 Å². The van der Waals surface area contributed by atoms with Gasteiger partial charge in [0.05, 0.1) is 0 Å². The summed E-state index contributed by atoms with van der Waals surface area (Å²) >= 11 is 1.18. The summed E-state index contributed by atoms with van der Waals surface area (Å²) in [6.07, 6.45) is 2.06. The molecular formula is C15H19N3OS. The highest BCUT2D eigenvalue weighted by molar-refractivity contribution is 7.07. The Morgan fingerprint density at radius 1 is 1.30 bits per heavy atom. The van der Waals surface area contributed by atoms with E-state index in [-0.39, 0.29) is 5.91 Å². The SMILES string of the molecule is CCCCN(Cc1ccccc1)C(=O)c1nc(C)ns1. The van der Waals surface area contributed by atoms with Gasteiger partial charge in [-0.3, -0.25) is 4.79 Å². The molecule has 0 bridgehead atoms. The molecule has 1 aromatic heterocycles. The van der Waals surface area contributed by atoms with Crippen LogP contribution in [0.15, 0.2) is 30.3 Å². The minimum atomic E-state index is -0.0205. The first-order valence-electron chi connectivity index (χ1n) is 6.84. The van der Waals surface area contributed by atoms with Gasteiger partial charge in [0.15, 0.2) is 0 Å². The van der Waals surface area contributed by atoms with E-state index < -0.39 is 0 Å². The van der Waals surface area contributed by atoms with Crippen molar-refractivity contribution in [1.82, 2.24) is 14.3 Å². The second-order valence-corrected chi connectivity index (χ2v) is 5.46. The van der Waals surface area contributed by atoms with Crippen LogP contribution >= 0.6 is 11.5 Å². The maximum Gasteiger partial charge on any atom is 0.284 e. The molecular weight excluding hydrogens is 270 g/mol. The molecule has 0 saturated carbocycles. The first-order chi connectivity index (χ1) is 9.70. The van der Waals surface area contributed by atoms with Gasteiger partial charge in [0, 0.05) is 13.1 Å². The molecule has 2 aromatic rings. The highest BCUT2D eigenvalue weighted by Crippen LogP contribution is 2.13. The van der Waals surface area contributed by atoms with Crippen LogP contribution in [0.2, 0.25) is 0 Å². The molecule has 0 atom stereocenters. The molecule has 0 unspecified atom stereocenters. The number of nitrogens with zero attached hydrogens (tertiary/aromatic N) is 3. The van der Waals surface area contributed by atoms with Crippen molar-refractivity contribution < 1.29 is 4.79 Å². The van der Waals surface area contributed by atoms with Crippen molar-refractivity contribution in [2.45, 2.75) is 33.2 Å². The van der Waals surface area contributed by atoms with Gasteiger partial charge in [-0.05, 0) is 30.4 Å². The lowest BCUT2D eigenvalue weighted by Crippen LogP contribution is -2.31. The van der Waals surface area contributed by atoms with Crippen LogP contribution in [-0.4, -0.2) is 26.7 Å². The number of benzene rings is 1. The molecule has 0 spiro atoms. The fourth-order valence-corrected chi connectivity index (χ4v) is 2.56. The minimum Gasteiger partial charge on any atom is -0.332 e. The zero-order valence-electron chi connectivity index (χ0n) is 11.9. The molecule has 1 heterocycles. The van der Waals surface area contributed by atoms with E-state index >= 15 is 0 Å². The maximum atomic E-state index is 12.5. The van der Waals surface area contributed by atoms with E-state index in [1.54, 1.807) is 6.92 Å². The topological polar surface area (TPSA) is 46.1 Å². The average molecular weight is 289 g/mol. The Morgan fingerprint density at radius 2 is 2.05 bits per heavy atom. The molecule has 20 heavy (non-hydrogen) atoms. The van der Waals surface area contributed by atoms with Crippen molar-refractivity contribution in [3.63, 3.8) is 0 Å². The molecule has 0 aliphatic carbocycles. The van der Waals surface area contributed by atoms with E-state index in [2.05, 4.69) is 16.3 Å². The lowest BCUT2D eigenvalue weighted by atomic mass is 10.2. The molecule has 4 nitrogen and oxygen atoms in total. The van der Waals surface area contributed by atoms with Crippen molar-refractivity contribution in [1.29, 1.82) is 0 Å². The summed E-state index contributed by atoms with van der Waals surface area (Å²) in [6.45, 7) is 5.31. The lowest BCUT2D eigenvalue weighted by Gasteiger charge is -2.21. The highest BCUT2D eigenvalue weighted by atomic mass is 32.1. The minimum absolute atomic E-state index is 0.0205. The predicted octanol–water partition coefficient (Wildman–Crippen LogP) is 3.29. The lowest BCUT2D eigenvalue weighted by molar-refractivity contribution is 0.0740. The van der Waals surface area contributed by atoms with E-state index in [1.807, 2.05) is 35.2 Å². The maximum absolute atomic E-state index is 12.5. The molecule has 0 aliphatic heterocycles. The second-order valence-electron chi connectivity index (χ2n) is 4.71. The number of amides is 1. The summed E-state index contributed by atoms with van der Waals surface area (Å²) in [4.78, 5) is 18.6. The van der Waals surface area contributed by atoms with Gasteiger partial charge in [-0.2, -0.15) is 4.37 Å². The molecule has 0 fully saturated rings. The summed E-state index contributed by atoms with van der Waals surface area (Å²) in [5, 5.41) is 0.481. The largest absolute Gasteiger partial charge is 0.332 e. The summed E-state index contributed by atoms with van der Waals surface area (Å²) in [5.41, 5.74) is 1.14. The number of aryl methyl sites for hydroxylation is 1. The molecule has 0 radical (unpaired) electrons. The van der Waals surface area contributed by atoms with Crippen LogP contribution in [0.3, 0.4) is 0 Å². The van der Waals surface area contributed by atoms with Gasteiger partial charge < -0.3 is 4.90 Å². The van der Waals surface area contributed by atoms with Gasteiger partial charge in [0.1, 0.15) is 5.82 Å². The molecule has 0 N–H and O–H groups in total. The molecule has 2 rings (SSSR count). The van der Waals surface area contributed by atoms with Crippen molar-refractivity contribution >= 4 is 17.4 Å². The van der Waals surface area contributed by atoms with Crippen molar-refractivity contribution in [2.75, 3.05) is 6.54 Å². The third-order valence-corrected chi connectivity index (χ3v) is 3.79. The molecule has 1 amide bonds. The zero-order valence-corrected chi connectivity index (χ0v) is 12.7. The number of hydrogen-bond acceptors (Lipinski definition) is 4. The Balaban J connectivity index is 2.12. The van der Waals surface area contributed by atoms with Gasteiger partial charge in [0.25, 0.3) is 5.91 Å². The van der Waals surface area contributed by atoms with Crippen molar-refractivity contribution in [3.05, 3.63) is 46.7 Å². The Bertz CT molecular complexity index is 553. The van der Waals surface area contributed by atoms with Crippen LogP contribution in [-0.2, 0) is 6.54 Å². The Kier molecular flexibility index (Phi) is 5.24. The summed E-state index contributed by atoms with van der Waals surface area (Å²) in [5.74, 6) is 0.640. The zero-order chi connectivity index (χ0) is 14.4. The Morgan fingerprint density at radius 3 is 2.65 bits per heavy atom. The van der Waals surface area contributed by atoms with Gasteiger partial charge in [0.2, 0.25) is 5.01 Å². The van der Waals surface area contributed by atoms with Crippen LogP contribution in [0.1, 0.15) is 41.0 Å². The van der Waals surface area contributed by atoms with Gasteiger partial charge in [-0.25, -0.2) is 4.98 Å². The predicted molar refractivity (Wildman–Crippen MR) is 80.7 cm³/mol. The quantitative estimate of drug-likeness (QED) is 0.819. The van der Waals surface area contributed by atoms with Crippen molar-refractivity contribution in [2.24, 2.45) is 0 Å². The number of carbonyl (C=O) groups excluding carboxylic acids is 1. The van der Waals surface area contributed by atoms with Crippen LogP contribution in [0.5, 0.6) is 0 Å².